The fourth-order valence-corrected chi connectivity index (χ4v) is 3.85. The summed E-state index contributed by atoms with van der Waals surface area (Å²) in [6.07, 6.45) is 0. The van der Waals surface area contributed by atoms with Crippen molar-refractivity contribution in [3.8, 4) is 0 Å². The van der Waals surface area contributed by atoms with Gasteiger partial charge in [0, 0.05) is 0 Å². The molecule has 0 unspecified atom stereocenters. The molecule has 0 aliphatic heterocycles. The molecule has 0 heterocycles. The van der Waals surface area contributed by atoms with E-state index in [1.165, 1.54) is 15.2 Å². The molecule has 0 saturated carbocycles. The summed E-state index contributed by atoms with van der Waals surface area (Å²) in [5, 5.41) is 0. The summed E-state index contributed by atoms with van der Waals surface area (Å²) in [5.74, 6) is 0. The first-order valence-corrected chi connectivity index (χ1v) is 6.59. The van der Waals surface area contributed by atoms with E-state index in [2.05, 4.69) is 30.3 Å². The van der Waals surface area contributed by atoms with Crippen molar-refractivity contribution in [2.24, 2.45) is 0 Å². The molecule has 0 bridgehead atoms. The van der Waals surface area contributed by atoms with Crippen LogP contribution in [0.2, 0.25) is 4.94 Å². The van der Waals surface area contributed by atoms with Crippen molar-refractivity contribution in [1.29, 1.82) is 0 Å². The molecule has 0 saturated heterocycles. The second-order valence-corrected chi connectivity index (χ2v) is 7.55. The van der Waals surface area contributed by atoms with E-state index >= 15 is 0 Å². The first-order chi connectivity index (χ1) is 4.43. The van der Waals surface area contributed by atoms with Gasteiger partial charge in [-0.1, -0.05) is 0 Å². The van der Waals surface area contributed by atoms with Crippen LogP contribution in [0.25, 0.3) is 0 Å². The molecule has 0 atom stereocenters. The summed E-state index contributed by atoms with van der Waals surface area (Å²) in [4.78, 5) is 1.44. The Hall–Kier alpha value is -0.0436. The normalized spacial score (nSPS) is 9.78. The topological polar surface area (TPSA) is 0 Å². The zero-order valence-corrected chi connectivity index (χ0v) is 9.22. The Morgan fingerprint density at radius 3 is 2.44 bits per heavy atom. The molecule has 1 aromatic rings. The second kappa shape index (κ2) is 3.88. The van der Waals surface area contributed by atoms with Crippen molar-refractivity contribution in [3.05, 3.63) is 30.3 Å². The molecule has 0 N–H and O–H groups in total. The third kappa shape index (κ3) is 2.35. The van der Waals surface area contributed by atoms with E-state index < -0.39 is 0 Å². The van der Waals surface area contributed by atoms with Gasteiger partial charge in [-0.25, -0.2) is 0 Å². The first-order valence-electron chi connectivity index (χ1n) is 3.11. The fraction of sp³-hybridized carbons (Fsp3) is 0.143. The number of hydrogen-bond acceptors (Lipinski definition) is 0. The monoisotopic (exact) mass is 202 g/mol. The van der Waals surface area contributed by atoms with Crippen LogP contribution in [0.4, 0.5) is 0 Å². The van der Waals surface area contributed by atoms with Gasteiger partial charge in [0.05, 0.1) is 0 Å². The average Bonchev–Trinajstić information content (AvgIpc) is 1.91. The van der Waals surface area contributed by atoms with Crippen molar-refractivity contribution < 1.29 is 0 Å². The summed E-state index contributed by atoms with van der Waals surface area (Å²) < 4.78 is 1.54. The molecule has 1 aromatic carbocycles. The maximum atomic E-state index is 2.22. The molecule has 1 rings (SSSR count). The quantitative estimate of drug-likeness (QED) is 0.579. The molecule has 0 aliphatic rings. The number of hydrogen-bond donors (Lipinski definition) is 0. The van der Waals surface area contributed by atoms with E-state index in [9.17, 15) is 0 Å². The van der Waals surface area contributed by atoms with Gasteiger partial charge >= 0.3 is 64.9 Å². The molecule has 9 heavy (non-hydrogen) atoms. The number of rotatable bonds is 2. The Labute approximate surface area is 65.2 Å². The van der Waals surface area contributed by atoms with Gasteiger partial charge in [0.15, 0.2) is 0 Å². The molecular weight excluding hydrogens is 191 g/mol. The second-order valence-electron chi connectivity index (χ2n) is 1.75. The van der Waals surface area contributed by atoms with E-state index in [0.717, 1.165) is 15.0 Å². The maximum absolute atomic E-state index is 2.22. The van der Waals surface area contributed by atoms with Crippen molar-refractivity contribution in [2.75, 3.05) is 0 Å². The van der Waals surface area contributed by atoms with Crippen molar-refractivity contribution in [2.45, 2.75) is 4.94 Å². The Bertz CT molecular complexity index is 162. The summed E-state index contributed by atoms with van der Waals surface area (Å²) in [7, 11) is 1.35. The predicted molar refractivity (Wildman–Crippen MR) is 46.6 cm³/mol. The molecule has 0 spiro atoms. The third-order valence-corrected chi connectivity index (χ3v) is 4.43. The van der Waals surface area contributed by atoms with Gasteiger partial charge in [0.1, 0.15) is 0 Å². The molecule has 0 radical (unpaired) electrons. The minimum absolute atomic E-state index is 0.771. The van der Waals surface area contributed by atoms with Crippen molar-refractivity contribution in [1.82, 2.24) is 0 Å². The van der Waals surface area contributed by atoms with Gasteiger partial charge in [-0.15, -0.1) is 0 Å². The van der Waals surface area contributed by atoms with Crippen LogP contribution in [0.1, 0.15) is 0 Å². The average molecular weight is 201 g/mol. The van der Waals surface area contributed by atoms with Crippen molar-refractivity contribution >= 4 is 29.7 Å². The van der Waals surface area contributed by atoms with E-state index in [0.29, 0.717) is 0 Å². The molecule has 2 heteroatoms. The van der Waals surface area contributed by atoms with Gasteiger partial charge in [-0.3, -0.25) is 0 Å². The van der Waals surface area contributed by atoms with Crippen LogP contribution < -0.4 is 4.46 Å². The van der Waals surface area contributed by atoms with E-state index in [-0.39, 0.29) is 0 Å². The van der Waals surface area contributed by atoms with Gasteiger partial charge in [0.25, 0.3) is 0 Å². The Kier molecular flexibility index (Phi) is 3.05. The molecule has 0 amide bonds. The van der Waals surface area contributed by atoms with Crippen LogP contribution >= 0.6 is 0 Å². The Balaban J connectivity index is 2.61. The standard InChI is InChI=1S/C7H10SeSi/c9-6-8-7-4-2-1-3-5-7/h1-5H,6H2,9H3. The molecule has 0 aromatic heterocycles. The summed E-state index contributed by atoms with van der Waals surface area (Å²) in [5.41, 5.74) is 0. The van der Waals surface area contributed by atoms with E-state index in [1.807, 2.05) is 0 Å². The van der Waals surface area contributed by atoms with Gasteiger partial charge < -0.3 is 0 Å². The molecule has 0 nitrogen and oxygen atoms in total. The molecule has 0 fully saturated rings. The molecule has 48 valence electrons. The Morgan fingerprint density at radius 1 is 1.22 bits per heavy atom. The van der Waals surface area contributed by atoms with E-state index in [1.54, 1.807) is 4.46 Å². The number of benzene rings is 1. The van der Waals surface area contributed by atoms with Crippen LogP contribution in [0.15, 0.2) is 30.3 Å². The fourth-order valence-electron chi connectivity index (χ4n) is 0.683. The van der Waals surface area contributed by atoms with Crippen LogP contribution in [0, 0.1) is 0 Å². The zero-order chi connectivity index (χ0) is 6.53. The summed E-state index contributed by atoms with van der Waals surface area (Å²) >= 11 is 0.771. The van der Waals surface area contributed by atoms with E-state index in [4.69, 9.17) is 0 Å². The van der Waals surface area contributed by atoms with Crippen LogP contribution in [-0.2, 0) is 0 Å². The van der Waals surface area contributed by atoms with Gasteiger partial charge in [0.2, 0.25) is 0 Å². The predicted octanol–water partition coefficient (Wildman–Crippen LogP) is -0.243. The first kappa shape index (κ1) is 7.07. The molecular formula is C7H10SeSi. The third-order valence-electron chi connectivity index (χ3n) is 1.05. The van der Waals surface area contributed by atoms with Gasteiger partial charge in [-0.2, -0.15) is 0 Å². The van der Waals surface area contributed by atoms with Crippen LogP contribution in [-0.4, -0.2) is 25.2 Å². The van der Waals surface area contributed by atoms with Crippen LogP contribution in [0.5, 0.6) is 0 Å². The van der Waals surface area contributed by atoms with Gasteiger partial charge in [-0.05, 0) is 0 Å². The summed E-state index contributed by atoms with van der Waals surface area (Å²) in [6, 6.07) is 10.8. The summed E-state index contributed by atoms with van der Waals surface area (Å²) in [6.45, 7) is 0. The van der Waals surface area contributed by atoms with Crippen molar-refractivity contribution in [3.63, 3.8) is 0 Å². The Morgan fingerprint density at radius 2 is 1.89 bits per heavy atom. The SMILES string of the molecule is [SiH3]C[Se]c1ccccc1. The zero-order valence-electron chi connectivity index (χ0n) is 5.50. The van der Waals surface area contributed by atoms with Crippen LogP contribution in [0.3, 0.4) is 0 Å². The molecule has 0 aliphatic carbocycles. The minimum atomic E-state index is 0.771.